The molecule has 0 bridgehead atoms. The van der Waals surface area contributed by atoms with Crippen LogP contribution in [0.2, 0.25) is 0 Å². The van der Waals surface area contributed by atoms with Gasteiger partial charge < -0.3 is 4.74 Å². The maximum Gasteiger partial charge on any atom is 0.320 e. The molecular formula is C9H9BrClN3O. The second-order valence-electron chi connectivity index (χ2n) is 3.14. The topological polar surface area (TPSA) is 39.9 Å². The minimum absolute atomic E-state index is 0.472. The van der Waals surface area contributed by atoms with E-state index in [1.807, 2.05) is 12.2 Å². The van der Waals surface area contributed by atoms with Crippen LogP contribution in [0.5, 0.6) is 6.01 Å². The standard InChI is InChI=1S/C9H9BrClN3O/c1-14-9(12-8(10)13-14)15-7-4-2-6(11)3-5-7/h2,4H,3,5H2,1H3. The Labute approximate surface area is 101 Å². The van der Waals surface area contributed by atoms with Crippen LogP contribution >= 0.6 is 27.5 Å². The quantitative estimate of drug-likeness (QED) is 0.841. The molecule has 4 nitrogen and oxygen atoms in total. The lowest BCUT2D eigenvalue weighted by molar-refractivity contribution is 0.352. The van der Waals surface area contributed by atoms with Gasteiger partial charge in [-0.15, -0.1) is 5.10 Å². The summed E-state index contributed by atoms with van der Waals surface area (Å²) in [6.07, 6.45) is 5.30. The SMILES string of the molecule is Cn1nc(Br)nc1OC1=CC=C(Cl)CC1. The van der Waals surface area contributed by atoms with Crippen molar-refractivity contribution in [3.63, 3.8) is 0 Å². The molecule has 0 spiro atoms. The maximum absolute atomic E-state index is 5.84. The van der Waals surface area contributed by atoms with Crippen LogP contribution in [0.3, 0.4) is 0 Å². The number of halogens is 2. The number of hydrogen-bond donors (Lipinski definition) is 0. The molecule has 0 atom stereocenters. The van der Waals surface area contributed by atoms with Gasteiger partial charge in [-0.05, 0) is 34.5 Å². The zero-order valence-corrected chi connectivity index (χ0v) is 10.4. The first-order valence-electron chi connectivity index (χ1n) is 4.45. The number of aryl methyl sites for hydroxylation is 1. The van der Waals surface area contributed by atoms with E-state index in [-0.39, 0.29) is 0 Å². The molecule has 0 aliphatic heterocycles. The first-order valence-corrected chi connectivity index (χ1v) is 5.62. The van der Waals surface area contributed by atoms with Crippen molar-refractivity contribution < 1.29 is 4.74 Å². The third-order valence-corrected chi connectivity index (χ3v) is 2.63. The van der Waals surface area contributed by atoms with Crippen molar-refractivity contribution >= 4 is 27.5 Å². The largest absolute Gasteiger partial charge is 0.429 e. The van der Waals surface area contributed by atoms with Crippen molar-refractivity contribution in [1.29, 1.82) is 0 Å². The van der Waals surface area contributed by atoms with Crippen LogP contribution in [-0.2, 0) is 7.05 Å². The monoisotopic (exact) mass is 289 g/mol. The van der Waals surface area contributed by atoms with Crippen LogP contribution in [0, 0.1) is 0 Å². The predicted octanol–water partition coefficient (Wildman–Crippen LogP) is 2.76. The summed E-state index contributed by atoms with van der Waals surface area (Å²) in [5.41, 5.74) is 0. The fourth-order valence-electron chi connectivity index (χ4n) is 1.22. The number of nitrogens with zero attached hydrogens (tertiary/aromatic N) is 3. The van der Waals surface area contributed by atoms with Crippen LogP contribution in [0.25, 0.3) is 0 Å². The zero-order chi connectivity index (χ0) is 10.8. The Hall–Kier alpha value is -0.810. The first-order chi connectivity index (χ1) is 7.15. The molecule has 0 saturated heterocycles. The van der Waals surface area contributed by atoms with Gasteiger partial charge in [0, 0.05) is 18.5 Å². The van der Waals surface area contributed by atoms with Gasteiger partial charge >= 0.3 is 6.01 Å². The Morgan fingerprint density at radius 1 is 1.47 bits per heavy atom. The lowest BCUT2D eigenvalue weighted by Crippen LogP contribution is -2.03. The summed E-state index contributed by atoms with van der Waals surface area (Å²) in [6, 6.07) is 0.472. The molecule has 1 aliphatic carbocycles. The van der Waals surface area contributed by atoms with E-state index in [1.165, 1.54) is 0 Å². The molecule has 1 aromatic heterocycles. The van der Waals surface area contributed by atoms with Crippen molar-refractivity contribution in [2.45, 2.75) is 12.8 Å². The second-order valence-corrected chi connectivity index (χ2v) is 4.33. The van der Waals surface area contributed by atoms with E-state index in [0.29, 0.717) is 10.7 Å². The summed E-state index contributed by atoms with van der Waals surface area (Å²) in [4.78, 5) is 4.08. The maximum atomic E-state index is 5.84. The minimum atomic E-state index is 0.472. The number of allylic oxidation sites excluding steroid dienone is 4. The Morgan fingerprint density at radius 2 is 2.27 bits per heavy atom. The van der Waals surface area contributed by atoms with Crippen molar-refractivity contribution in [3.8, 4) is 6.01 Å². The van der Waals surface area contributed by atoms with E-state index in [2.05, 4.69) is 26.0 Å². The normalized spacial score (nSPS) is 15.9. The summed E-state index contributed by atoms with van der Waals surface area (Å²) in [5.74, 6) is 0.849. The molecule has 1 aromatic rings. The second kappa shape index (κ2) is 4.37. The average Bonchev–Trinajstić information content (AvgIpc) is 2.49. The van der Waals surface area contributed by atoms with Crippen molar-refractivity contribution in [1.82, 2.24) is 14.8 Å². The molecule has 15 heavy (non-hydrogen) atoms. The highest BCUT2D eigenvalue weighted by Gasteiger charge is 2.11. The molecule has 0 amide bonds. The molecule has 1 heterocycles. The highest BCUT2D eigenvalue weighted by atomic mass is 79.9. The molecule has 1 aliphatic rings. The lowest BCUT2D eigenvalue weighted by atomic mass is 10.2. The van der Waals surface area contributed by atoms with Crippen LogP contribution in [0.15, 0.2) is 27.7 Å². The Morgan fingerprint density at radius 3 is 2.80 bits per heavy atom. The molecule has 2 rings (SSSR count). The van der Waals surface area contributed by atoms with Gasteiger partial charge in [-0.25, -0.2) is 4.68 Å². The first kappa shape index (κ1) is 10.7. The third kappa shape index (κ3) is 2.60. The fraction of sp³-hybridized carbons (Fsp3) is 0.333. The van der Waals surface area contributed by atoms with Gasteiger partial charge in [-0.1, -0.05) is 11.6 Å². The van der Waals surface area contributed by atoms with Crippen LogP contribution in [0.1, 0.15) is 12.8 Å². The van der Waals surface area contributed by atoms with Crippen LogP contribution in [-0.4, -0.2) is 14.8 Å². The fourth-order valence-corrected chi connectivity index (χ4v) is 1.77. The van der Waals surface area contributed by atoms with E-state index in [1.54, 1.807) is 11.7 Å². The Balaban J connectivity index is 2.13. The molecule has 0 radical (unpaired) electrons. The Bertz CT molecular complexity index is 439. The number of hydrogen-bond acceptors (Lipinski definition) is 3. The third-order valence-electron chi connectivity index (χ3n) is 1.98. The molecule has 6 heteroatoms. The van der Waals surface area contributed by atoms with Gasteiger partial charge in [0.05, 0.1) is 0 Å². The van der Waals surface area contributed by atoms with Gasteiger partial charge in [0.2, 0.25) is 4.73 Å². The highest BCUT2D eigenvalue weighted by Crippen LogP contribution is 2.23. The molecular weight excluding hydrogens is 281 g/mol. The molecule has 80 valence electrons. The zero-order valence-electron chi connectivity index (χ0n) is 8.07. The lowest BCUT2D eigenvalue weighted by Gasteiger charge is -2.10. The predicted molar refractivity (Wildman–Crippen MR) is 60.6 cm³/mol. The number of ether oxygens (including phenoxy) is 1. The van der Waals surface area contributed by atoms with Crippen LogP contribution in [0.4, 0.5) is 0 Å². The van der Waals surface area contributed by atoms with Crippen LogP contribution < -0.4 is 4.74 Å². The average molecular weight is 291 g/mol. The Kier molecular flexibility index (Phi) is 3.11. The summed E-state index contributed by atoms with van der Waals surface area (Å²) < 4.78 is 7.67. The molecule has 0 fully saturated rings. The molecule has 0 unspecified atom stereocenters. The van der Waals surface area contributed by atoms with Gasteiger partial charge in [-0.3, -0.25) is 0 Å². The summed E-state index contributed by atoms with van der Waals surface area (Å²) in [7, 11) is 1.78. The van der Waals surface area contributed by atoms with Crippen molar-refractivity contribution in [2.24, 2.45) is 7.05 Å². The van der Waals surface area contributed by atoms with E-state index < -0.39 is 0 Å². The number of rotatable bonds is 2. The molecule has 0 aromatic carbocycles. The van der Waals surface area contributed by atoms with Gasteiger partial charge in [0.15, 0.2) is 0 Å². The van der Waals surface area contributed by atoms with E-state index >= 15 is 0 Å². The van der Waals surface area contributed by atoms with Crippen molar-refractivity contribution in [3.05, 3.63) is 27.7 Å². The van der Waals surface area contributed by atoms with E-state index in [4.69, 9.17) is 16.3 Å². The summed E-state index contributed by atoms with van der Waals surface area (Å²) in [6.45, 7) is 0. The van der Waals surface area contributed by atoms with Crippen molar-refractivity contribution in [2.75, 3.05) is 0 Å². The summed E-state index contributed by atoms with van der Waals surface area (Å²) >= 11 is 9.02. The molecule has 0 N–H and O–H groups in total. The van der Waals surface area contributed by atoms with E-state index in [0.717, 1.165) is 23.6 Å². The highest BCUT2D eigenvalue weighted by molar-refractivity contribution is 9.10. The van der Waals surface area contributed by atoms with E-state index in [9.17, 15) is 0 Å². The molecule has 0 saturated carbocycles. The summed E-state index contributed by atoms with van der Waals surface area (Å²) in [5, 5.41) is 4.87. The smallest absolute Gasteiger partial charge is 0.320 e. The van der Waals surface area contributed by atoms with Gasteiger partial charge in [0.1, 0.15) is 5.76 Å². The van der Waals surface area contributed by atoms with Gasteiger partial charge in [-0.2, -0.15) is 4.98 Å². The van der Waals surface area contributed by atoms with Gasteiger partial charge in [0.25, 0.3) is 0 Å². The minimum Gasteiger partial charge on any atom is -0.429 e. The number of aromatic nitrogens is 3.